The minimum absolute atomic E-state index is 0.195. The van der Waals surface area contributed by atoms with Crippen molar-refractivity contribution in [1.82, 2.24) is 10.1 Å². The van der Waals surface area contributed by atoms with Crippen molar-refractivity contribution in [2.45, 2.75) is 26.4 Å². The van der Waals surface area contributed by atoms with Crippen LogP contribution in [0.2, 0.25) is 0 Å². The Morgan fingerprint density at radius 1 is 1.08 bits per heavy atom. The zero-order chi connectivity index (χ0) is 16.8. The fraction of sp³-hybridized carbons (Fsp3) is 0.211. The molecular formula is C19H18N2O3. The number of aryl methyl sites for hydroxylation is 1. The third-order valence-electron chi connectivity index (χ3n) is 3.55. The highest BCUT2D eigenvalue weighted by atomic mass is 16.5. The van der Waals surface area contributed by atoms with E-state index in [-0.39, 0.29) is 12.4 Å². The molecule has 1 aromatic heterocycles. The van der Waals surface area contributed by atoms with Crippen LogP contribution in [0.15, 0.2) is 59.1 Å². The van der Waals surface area contributed by atoms with Gasteiger partial charge in [0.05, 0.1) is 0 Å². The van der Waals surface area contributed by atoms with Crippen molar-refractivity contribution >= 4 is 5.78 Å². The van der Waals surface area contributed by atoms with E-state index in [2.05, 4.69) is 10.1 Å². The summed E-state index contributed by atoms with van der Waals surface area (Å²) in [4.78, 5) is 15.3. The van der Waals surface area contributed by atoms with Crippen molar-refractivity contribution in [1.29, 1.82) is 0 Å². The lowest BCUT2D eigenvalue weighted by Crippen LogP contribution is -1.97. The van der Waals surface area contributed by atoms with Gasteiger partial charge in [-0.15, -0.1) is 0 Å². The molecule has 0 saturated heterocycles. The monoisotopic (exact) mass is 322 g/mol. The smallest absolute Gasteiger partial charge is 0.264 e. The Morgan fingerprint density at radius 3 is 2.54 bits per heavy atom. The molecular weight excluding hydrogens is 304 g/mol. The molecule has 24 heavy (non-hydrogen) atoms. The number of nitrogens with zero attached hydrogens (tertiary/aromatic N) is 2. The zero-order valence-corrected chi connectivity index (χ0v) is 13.4. The fourth-order valence-corrected chi connectivity index (χ4v) is 2.24. The van der Waals surface area contributed by atoms with Crippen LogP contribution in [0.1, 0.15) is 24.8 Å². The predicted molar refractivity (Wildman–Crippen MR) is 89.5 cm³/mol. The largest absolute Gasteiger partial charge is 0.484 e. The van der Waals surface area contributed by atoms with E-state index in [0.717, 1.165) is 23.3 Å². The van der Waals surface area contributed by atoms with Gasteiger partial charge in [-0.25, -0.2) is 0 Å². The molecule has 3 aromatic rings. The Bertz CT molecular complexity index is 795. The topological polar surface area (TPSA) is 65.2 Å². The average Bonchev–Trinajstić information content (AvgIpc) is 3.09. The lowest BCUT2D eigenvalue weighted by Gasteiger charge is -2.04. The number of ether oxygens (including phenoxy) is 1. The highest BCUT2D eigenvalue weighted by Gasteiger charge is 2.08. The highest BCUT2D eigenvalue weighted by Crippen LogP contribution is 2.17. The van der Waals surface area contributed by atoms with E-state index in [1.54, 1.807) is 6.92 Å². The van der Waals surface area contributed by atoms with Crippen LogP contribution < -0.4 is 4.74 Å². The number of hydrogen-bond acceptors (Lipinski definition) is 5. The summed E-state index contributed by atoms with van der Waals surface area (Å²) in [6, 6.07) is 17.3. The van der Waals surface area contributed by atoms with Crippen LogP contribution in [0.4, 0.5) is 0 Å². The van der Waals surface area contributed by atoms with Crippen LogP contribution >= 0.6 is 0 Å². The minimum Gasteiger partial charge on any atom is -0.484 e. The Kier molecular flexibility index (Phi) is 5.01. The molecule has 0 fully saturated rings. The summed E-state index contributed by atoms with van der Waals surface area (Å²) >= 11 is 0. The number of carbonyl (C=O) groups excluding carboxylic acids is 1. The van der Waals surface area contributed by atoms with E-state index < -0.39 is 0 Å². The van der Waals surface area contributed by atoms with Crippen molar-refractivity contribution in [2.24, 2.45) is 0 Å². The summed E-state index contributed by atoms with van der Waals surface area (Å²) in [5, 5.41) is 3.96. The first-order valence-electron chi connectivity index (χ1n) is 7.80. The van der Waals surface area contributed by atoms with Gasteiger partial charge < -0.3 is 14.1 Å². The average molecular weight is 322 g/mol. The third kappa shape index (κ3) is 4.29. The molecule has 2 aromatic carbocycles. The maximum absolute atomic E-state index is 11.0. The highest BCUT2D eigenvalue weighted by molar-refractivity contribution is 5.75. The summed E-state index contributed by atoms with van der Waals surface area (Å²) in [6.45, 7) is 1.82. The van der Waals surface area contributed by atoms with Gasteiger partial charge in [0.15, 0.2) is 6.61 Å². The van der Waals surface area contributed by atoms with Gasteiger partial charge in [-0.3, -0.25) is 0 Å². The summed E-state index contributed by atoms with van der Waals surface area (Å²) in [5.74, 6) is 1.89. The number of Topliss-reactive ketones (excluding diaryl/α,β-unsaturated/α-hetero) is 1. The molecule has 0 radical (unpaired) electrons. The van der Waals surface area contributed by atoms with Crippen molar-refractivity contribution in [3.63, 3.8) is 0 Å². The molecule has 0 atom stereocenters. The lowest BCUT2D eigenvalue weighted by atomic mass is 10.1. The molecule has 0 saturated carbocycles. The van der Waals surface area contributed by atoms with Crippen molar-refractivity contribution in [3.8, 4) is 17.1 Å². The molecule has 0 N–H and O–H groups in total. The first-order chi connectivity index (χ1) is 11.7. The number of rotatable bonds is 7. The van der Waals surface area contributed by atoms with Crippen LogP contribution in [0.3, 0.4) is 0 Å². The van der Waals surface area contributed by atoms with Crippen molar-refractivity contribution in [3.05, 3.63) is 66.1 Å². The summed E-state index contributed by atoms with van der Waals surface area (Å²) in [5.41, 5.74) is 2.02. The molecule has 0 spiro atoms. The molecule has 1 heterocycles. The molecule has 0 unspecified atom stereocenters. The number of ketones is 1. The van der Waals surface area contributed by atoms with E-state index in [0.29, 0.717) is 18.1 Å². The van der Waals surface area contributed by atoms with Gasteiger partial charge in [0.25, 0.3) is 5.89 Å². The Balaban J connectivity index is 1.56. The van der Waals surface area contributed by atoms with E-state index in [9.17, 15) is 4.79 Å². The standard InChI is InChI=1S/C19H18N2O3/c1-14(22)7-8-15-9-11-17(12-10-15)23-13-18-20-19(21-24-18)16-5-3-2-4-6-16/h2-6,9-12H,7-8,13H2,1H3. The second kappa shape index (κ2) is 7.55. The first kappa shape index (κ1) is 15.9. The van der Waals surface area contributed by atoms with Crippen LogP contribution in [0, 0.1) is 0 Å². The lowest BCUT2D eigenvalue weighted by molar-refractivity contribution is -0.116. The van der Waals surface area contributed by atoms with Crippen molar-refractivity contribution < 1.29 is 14.1 Å². The molecule has 0 aliphatic heterocycles. The van der Waals surface area contributed by atoms with E-state index in [1.165, 1.54) is 0 Å². The van der Waals surface area contributed by atoms with Gasteiger partial charge in [-0.05, 0) is 31.0 Å². The molecule has 5 nitrogen and oxygen atoms in total. The van der Waals surface area contributed by atoms with E-state index >= 15 is 0 Å². The third-order valence-corrected chi connectivity index (χ3v) is 3.55. The van der Waals surface area contributed by atoms with Crippen LogP contribution in [0.25, 0.3) is 11.4 Å². The fourth-order valence-electron chi connectivity index (χ4n) is 2.24. The van der Waals surface area contributed by atoms with Crippen LogP contribution in [-0.2, 0) is 17.8 Å². The van der Waals surface area contributed by atoms with Gasteiger partial charge in [0, 0.05) is 12.0 Å². The SMILES string of the molecule is CC(=O)CCc1ccc(OCc2nc(-c3ccccc3)no2)cc1. The Labute approximate surface area is 140 Å². The zero-order valence-electron chi connectivity index (χ0n) is 13.4. The molecule has 0 aliphatic carbocycles. The van der Waals surface area contributed by atoms with Crippen LogP contribution in [0.5, 0.6) is 5.75 Å². The maximum atomic E-state index is 11.0. The molecule has 122 valence electrons. The van der Waals surface area contributed by atoms with Crippen LogP contribution in [-0.4, -0.2) is 15.9 Å². The molecule has 0 aliphatic rings. The normalized spacial score (nSPS) is 10.5. The maximum Gasteiger partial charge on any atom is 0.264 e. The number of benzene rings is 2. The minimum atomic E-state index is 0.195. The van der Waals surface area contributed by atoms with E-state index in [1.807, 2.05) is 54.6 Å². The molecule has 3 rings (SSSR count). The summed E-state index contributed by atoms with van der Waals surface area (Å²) < 4.78 is 10.9. The van der Waals surface area contributed by atoms with Crippen molar-refractivity contribution in [2.75, 3.05) is 0 Å². The van der Waals surface area contributed by atoms with Gasteiger partial charge in [0.1, 0.15) is 11.5 Å². The summed E-state index contributed by atoms with van der Waals surface area (Å²) in [6.07, 6.45) is 1.31. The van der Waals surface area contributed by atoms with Gasteiger partial charge >= 0.3 is 0 Å². The van der Waals surface area contributed by atoms with Gasteiger partial charge in [-0.1, -0.05) is 47.6 Å². The second-order valence-electron chi connectivity index (χ2n) is 5.51. The second-order valence-corrected chi connectivity index (χ2v) is 5.51. The number of hydrogen-bond donors (Lipinski definition) is 0. The number of carbonyl (C=O) groups is 1. The molecule has 0 amide bonds. The Hall–Kier alpha value is -2.95. The van der Waals surface area contributed by atoms with E-state index in [4.69, 9.17) is 9.26 Å². The quantitative estimate of drug-likeness (QED) is 0.661. The predicted octanol–water partition coefficient (Wildman–Crippen LogP) is 3.84. The van der Waals surface area contributed by atoms with Gasteiger partial charge in [-0.2, -0.15) is 4.98 Å². The number of aromatic nitrogens is 2. The summed E-state index contributed by atoms with van der Waals surface area (Å²) in [7, 11) is 0. The first-order valence-corrected chi connectivity index (χ1v) is 7.80. The Morgan fingerprint density at radius 2 is 1.83 bits per heavy atom. The molecule has 5 heteroatoms. The van der Waals surface area contributed by atoms with Gasteiger partial charge in [0.2, 0.25) is 5.82 Å². The molecule has 0 bridgehead atoms.